The van der Waals surface area contributed by atoms with E-state index in [9.17, 15) is 19.8 Å². The third kappa shape index (κ3) is 2.90. The second-order valence-electron chi connectivity index (χ2n) is 6.45. The van der Waals surface area contributed by atoms with Crippen LogP contribution in [0.25, 0.3) is 0 Å². The molecule has 6 nitrogen and oxygen atoms in total. The van der Waals surface area contributed by atoms with Crippen LogP contribution in [0.4, 0.5) is 4.79 Å². The standard InChI is InChI=1S/C14H24N2O4/c1-10-8-15(7-4-11(10)17)13(20)16-6-3-5-14(2,9-16)12(18)19/h10-11,17H,3-9H2,1-2H3,(H,18,19). The van der Waals surface area contributed by atoms with Crippen molar-refractivity contribution < 1.29 is 19.8 Å². The summed E-state index contributed by atoms with van der Waals surface area (Å²) in [6, 6.07) is -0.0871. The summed E-state index contributed by atoms with van der Waals surface area (Å²) in [5, 5.41) is 19.0. The van der Waals surface area contributed by atoms with Crippen molar-refractivity contribution in [2.24, 2.45) is 11.3 Å². The van der Waals surface area contributed by atoms with Crippen molar-refractivity contribution >= 4 is 12.0 Å². The lowest BCUT2D eigenvalue weighted by atomic mass is 9.82. The van der Waals surface area contributed by atoms with Gasteiger partial charge in [-0.05, 0) is 32.1 Å². The fraction of sp³-hybridized carbons (Fsp3) is 0.857. The van der Waals surface area contributed by atoms with Crippen molar-refractivity contribution in [2.45, 2.75) is 39.2 Å². The minimum absolute atomic E-state index is 0.0725. The van der Waals surface area contributed by atoms with Gasteiger partial charge in [0.25, 0.3) is 0 Å². The number of urea groups is 1. The van der Waals surface area contributed by atoms with Gasteiger partial charge in [0.1, 0.15) is 0 Å². The number of piperidine rings is 2. The number of aliphatic hydroxyl groups is 1. The molecule has 2 fully saturated rings. The van der Waals surface area contributed by atoms with Crippen molar-refractivity contribution in [2.75, 3.05) is 26.2 Å². The SMILES string of the molecule is CC1CN(C(=O)N2CCCC(C)(C(=O)O)C2)CCC1O. The number of nitrogens with zero attached hydrogens (tertiary/aromatic N) is 2. The Kier molecular flexibility index (Phi) is 4.22. The fourth-order valence-electron chi connectivity index (χ4n) is 3.08. The van der Waals surface area contributed by atoms with Crippen molar-refractivity contribution in [3.05, 3.63) is 0 Å². The smallest absolute Gasteiger partial charge is 0.320 e. The number of carboxylic acid groups (broad SMARTS) is 1. The molecule has 0 bridgehead atoms. The molecule has 2 saturated heterocycles. The Balaban J connectivity index is 2.00. The lowest BCUT2D eigenvalue weighted by Crippen LogP contribution is -2.55. The van der Waals surface area contributed by atoms with Gasteiger partial charge in [-0.25, -0.2) is 4.79 Å². The van der Waals surface area contributed by atoms with Crippen LogP contribution in [0.1, 0.15) is 33.1 Å². The van der Waals surface area contributed by atoms with Gasteiger partial charge in [-0.1, -0.05) is 6.92 Å². The molecule has 0 radical (unpaired) electrons. The first-order valence-electron chi connectivity index (χ1n) is 7.29. The van der Waals surface area contributed by atoms with E-state index < -0.39 is 11.4 Å². The van der Waals surface area contributed by atoms with Gasteiger partial charge in [-0.3, -0.25) is 4.79 Å². The number of carbonyl (C=O) groups is 2. The zero-order valence-corrected chi connectivity index (χ0v) is 12.2. The molecular weight excluding hydrogens is 260 g/mol. The number of likely N-dealkylation sites (tertiary alicyclic amines) is 2. The number of rotatable bonds is 1. The van der Waals surface area contributed by atoms with Gasteiger partial charge in [-0.15, -0.1) is 0 Å². The highest BCUT2D eigenvalue weighted by Crippen LogP contribution is 2.30. The van der Waals surface area contributed by atoms with Crippen LogP contribution < -0.4 is 0 Å². The molecule has 0 aromatic rings. The van der Waals surface area contributed by atoms with E-state index in [1.54, 1.807) is 16.7 Å². The van der Waals surface area contributed by atoms with Crippen molar-refractivity contribution in [3.8, 4) is 0 Å². The third-order valence-electron chi connectivity index (χ3n) is 4.61. The van der Waals surface area contributed by atoms with Gasteiger partial charge in [0.15, 0.2) is 0 Å². The van der Waals surface area contributed by atoms with Crippen LogP contribution in [0.3, 0.4) is 0 Å². The molecule has 0 aliphatic carbocycles. The minimum Gasteiger partial charge on any atom is -0.481 e. The van der Waals surface area contributed by atoms with Crippen molar-refractivity contribution in [3.63, 3.8) is 0 Å². The number of carboxylic acids is 1. The van der Waals surface area contributed by atoms with E-state index in [0.29, 0.717) is 32.5 Å². The summed E-state index contributed by atoms with van der Waals surface area (Å²) in [5.41, 5.74) is -0.838. The molecule has 0 aromatic heterocycles. The van der Waals surface area contributed by atoms with Gasteiger partial charge in [0.2, 0.25) is 0 Å². The molecule has 2 rings (SSSR count). The van der Waals surface area contributed by atoms with E-state index in [-0.39, 0.29) is 24.6 Å². The zero-order chi connectivity index (χ0) is 14.9. The van der Waals surface area contributed by atoms with Crippen LogP contribution in [0.15, 0.2) is 0 Å². The summed E-state index contributed by atoms with van der Waals surface area (Å²) < 4.78 is 0. The summed E-state index contributed by atoms with van der Waals surface area (Å²) in [5.74, 6) is -0.763. The van der Waals surface area contributed by atoms with E-state index in [1.807, 2.05) is 6.92 Å². The predicted octanol–water partition coefficient (Wildman–Crippen LogP) is 0.996. The van der Waals surface area contributed by atoms with Crippen LogP contribution in [0.5, 0.6) is 0 Å². The molecule has 20 heavy (non-hydrogen) atoms. The van der Waals surface area contributed by atoms with Gasteiger partial charge >= 0.3 is 12.0 Å². The second kappa shape index (κ2) is 5.60. The van der Waals surface area contributed by atoms with E-state index in [1.165, 1.54) is 0 Å². The van der Waals surface area contributed by atoms with E-state index >= 15 is 0 Å². The van der Waals surface area contributed by atoms with Crippen LogP contribution >= 0.6 is 0 Å². The molecule has 2 amide bonds. The van der Waals surface area contributed by atoms with Crippen molar-refractivity contribution in [1.29, 1.82) is 0 Å². The minimum atomic E-state index is -0.838. The molecule has 2 heterocycles. The summed E-state index contributed by atoms with van der Waals surface area (Å²) in [7, 11) is 0. The molecule has 0 saturated carbocycles. The van der Waals surface area contributed by atoms with Crippen LogP contribution in [0.2, 0.25) is 0 Å². The predicted molar refractivity (Wildman–Crippen MR) is 73.3 cm³/mol. The van der Waals surface area contributed by atoms with Gasteiger partial charge < -0.3 is 20.0 Å². The van der Waals surface area contributed by atoms with Gasteiger partial charge in [0.05, 0.1) is 11.5 Å². The Labute approximate surface area is 119 Å². The number of hydrogen-bond acceptors (Lipinski definition) is 3. The molecule has 2 aliphatic rings. The number of aliphatic hydroxyl groups excluding tert-OH is 1. The molecule has 3 unspecified atom stereocenters. The highest BCUT2D eigenvalue weighted by Gasteiger charge is 2.41. The maximum absolute atomic E-state index is 12.5. The topological polar surface area (TPSA) is 81.1 Å². The molecule has 0 aromatic carbocycles. The van der Waals surface area contributed by atoms with Gasteiger partial charge in [0, 0.05) is 26.2 Å². The lowest BCUT2D eigenvalue weighted by molar-refractivity contribution is -0.150. The largest absolute Gasteiger partial charge is 0.481 e. The summed E-state index contributed by atoms with van der Waals surface area (Å²) in [6.45, 7) is 5.62. The Bertz CT molecular complexity index is 401. The first kappa shape index (κ1) is 15.1. The maximum atomic E-state index is 12.5. The summed E-state index contributed by atoms with van der Waals surface area (Å²) in [6.07, 6.45) is 1.59. The molecule has 2 aliphatic heterocycles. The molecule has 3 atom stereocenters. The molecule has 0 spiro atoms. The summed E-state index contributed by atoms with van der Waals surface area (Å²) in [4.78, 5) is 27.2. The lowest BCUT2D eigenvalue weighted by Gasteiger charge is -2.42. The Morgan fingerprint density at radius 3 is 2.55 bits per heavy atom. The van der Waals surface area contributed by atoms with Crippen LogP contribution in [-0.4, -0.2) is 64.3 Å². The van der Waals surface area contributed by atoms with E-state index in [2.05, 4.69) is 0 Å². The van der Waals surface area contributed by atoms with Gasteiger partial charge in [-0.2, -0.15) is 0 Å². The first-order chi connectivity index (χ1) is 9.33. The molecule has 2 N–H and O–H groups in total. The highest BCUT2D eigenvalue weighted by atomic mass is 16.4. The molecule has 6 heteroatoms. The average Bonchev–Trinajstić information content (AvgIpc) is 2.41. The normalized spacial score (nSPS) is 35.0. The molecular formula is C14H24N2O4. The Morgan fingerprint density at radius 1 is 1.25 bits per heavy atom. The zero-order valence-electron chi connectivity index (χ0n) is 12.2. The van der Waals surface area contributed by atoms with Crippen LogP contribution in [-0.2, 0) is 4.79 Å². The maximum Gasteiger partial charge on any atom is 0.320 e. The van der Waals surface area contributed by atoms with E-state index in [4.69, 9.17) is 0 Å². The highest BCUT2D eigenvalue weighted by molar-refractivity contribution is 5.78. The number of carbonyl (C=O) groups excluding carboxylic acids is 1. The number of aliphatic carboxylic acids is 1. The van der Waals surface area contributed by atoms with Crippen LogP contribution in [0, 0.1) is 11.3 Å². The summed E-state index contributed by atoms with van der Waals surface area (Å²) >= 11 is 0. The Hall–Kier alpha value is -1.30. The average molecular weight is 284 g/mol. The Morgan fingerprint density at radius 2 is 1.95 bits per heavy atom. The number of amides is 2. The monoisotopic (exact) mass is 284 g/mol. The van der Waals surface area contributed by atoms with E-state index in [0.717, 1.165) is 6.42 Å². The fourth-order valence-corrected chi connectivity index (χ4v) is 3.08. The third-order valence-corrected chi connectivity index (χ3v) is 4.61. The quantitative estimate of drug-likeness (QED) is 0.752. The second-order valence-corrected chi connectivity index (χ2v) is 6.45. The molecule has 114 valence electrons. The number of hydrogen-bond donors (Lipinski definition) is 2. The van der Waals surface area contributed by atoms with Crippen molar-refractivity contribution in [1.82, 2.24) is 9.80 Å². The first-order valence-corrected chi connectivity index (χ1v) is 7.29.